The summed E-state index contributed by atoms with van der Waals surface area (Å²) in [6, 6.07) is 6.42. The van der Waals surface area contributed by atoms with Crippen LogP contribution in [0.1, 0.15) is 51.0 Å². The van der Waals surface area contributed by atoms with Crippen LogP contribution in [-0.2, 0) is 9.53 Å². The quantitative estimate of drug-likeness (QED) is 0.412. The van der Waals surface area contributed by atoms with Crippen molar-refractivity contribution in [2.45, 2.75) is 45.4 Å². The first-order chi connectivity index (χ1) is 9.58. The Balaban J connectivity index is 2.74. The third-order valence-electron chi connectivity index (χ3n) is 3.09. The molecule has 0 aliphatic carbocycles. The first-order valence-corrected chi connectivity index (χ1v) is 6.98. The lowest BCUT2D eigenvalue weighted by atomic mass is 9.91. The number of nitro benzene ring substituents is 1. The lowest BCUT2D eigenvalue weighted by Gasteiger charge is -2.15. The highest BCUT2D eigenvalue weighted by atomic mass is 16.6. The Bertz CT molecular complexity index is 442. The van der Waals surface area contributed by atoms with Gasteiger partial charge in [0, 0.05) is 12.1 Å². The molecule has 0 fully saturated rings. The van der Waals surface area contributed by atoms with Crippen LogP contribution in [-0.4, -0.2) is 17.5 Å². The maximum absolute atomic E-state index is 11.7. The summed E-state index contributed by atoms with van der Waals surface area (Å²) >= 11 is 0. The highest BCUT2D eigenvalue weighted by molar-refractivity contribution is 5.70. The molecule has 5 heteroatoms. The third kappa shape index (κ3) is 4.99. The first-order valence-electron chi connectivity index (χ1n) is 6.98. The lowest BCUT2D eigenvalue weighted by molar-refractivity contribution is -0.384. The Morgan fingerprint density at radius 3 is 2.40 bits per heavy atom. The number of esters is 1. The van der Waals surface area contributed by atoms with Crippen molar-refractivity contribution < 1.29 is 14.5 Å². The third-order valence-corrected chi connectivity index (χ3v) is 3.09. The van der Waals surface area contributed by atoms with Gasteiger partial charge in [0.2, 0.25) is 0 Å². The number of carbonyl (C=O) groups is 1. The van der Waals surface area contributed by atoms with Crippen LogP contribution in [0.4, 0.5) is 5.69 Å². The van der Waals surface area contributed by atoms with Gasteiger partial charge in [0.05, 0.1) is 18.0 Å². The van der Waals surface area contributed by atoms with Gasteiger partial charge in [-0.25, -0.2) is 0 Å². The normalized spacial score (nSPS) is 11.9. The van der Waals surface area contributed by atoms with E-state index in [1.54, 1.807) is 12.1 Å². The molecular formula is C15H21NO4. The Labute approximate surface area is 119 Å². The summed E-state index contributed by atoms with van der Waals surface area (Å²) in [4.78, 5) is 21.9. The second-order valence-electron chi connectivity index (χ2n) is 4.76. The molecule has 0 heterocycles. The summed E-state index contributed by atoms with van der Waals surface area (Å²) < 4.78 is 5.10. The summed E-state index contributed by atoms with van der Waals surface area (Å²) in [7, 11) is 0. The van der Waals surface area contributed by atoms with Crippen molar-refractivity contribution in [1.29, 1.82) is 0 Å². The first kappa shape index (κ1) is 16.1. The van der Waals surface area contributed by atoms with E-state index in [9.17, 15) is 14.9 Å². The number of nitro groups is 1. The standard InChI is InChI=1S/C15H21NO4/c1-3-5-13(11-15(17)20-10-4-2)12-6-8-14(9-7-12)16(18)19/h6-9,13H,3-5,10-11H2,1-2H3. The Hall–Kier alpha value is -1.91. The van der Waals surface area contributed by atoms with Crippen molar-refractivity contribution in [1.82, 2.24) is 0 Å². The van der Waals surface area contributed by atoms with Gasteiger partial charge >= 0.3 is 5.97 Å². The van der Waals surface area contributed by atoms with Gasteiger partial charge < -0.3 is 4.74 Å². The summed E-state index contributed by atoms with van der Waals surface area (Å²) in [5, 5.41) is 10.6. The van der Waals surface area contributed by atoms with Crippen LogP contribution < -0.4 is 0 Å². The maximum Gasteiger partial charge on any atom is 0.306 e. The zero-order valence-corrected chi connectivity index (χ0v) is 12.0. The molecule has 0 aliphatic heterocycles. The fraction of sp³-hybridized carbons (Fsp3) is 0.533. The van der Waals surface area contributed by atoms with Gasteiger partial charge in [0.25, 0.3) is 5.69 Å². The number of non-ortho nitro benzene ring substituents is 1. The van der Waals surface area contributed by atoms with Gasteiger partial charge in [-0.2, -0.15) is 0 Å². The fourth-order valence-electron chi connectivity index (χ4n) is 2.08. The minimum atomic E-state index is -0.423. The predicted octanol–water partition coefficient (Wildman–Crippen LogP) is 3.82. The van der Waals surface area contributed by atoms with E-state index in [-0.39, 0.29) is 17.6 Å². The van der Waals surface area contributed by atoms with E-state index >= 15 is 0 Å². The summed E-state index contributed by atoms with van der Waals surface area (Å²) in [5.74, 6) is -0.145. The van der Waals surface area contributed by atoms with E-state index in [0.29, 0.717) is 13.0 Å². The van der Waals surface area contributed by atoms with Crippen LogP contribution in [0.3, 0.4) is 0 Å². The molecule has 0 aliphatic rings. The van der Waals surface area contributed by atoms with Gasteiger partial charge in [-0.3, -0.25) is 14.9 Å². The second kappa shape index (κ2) is 8.30. The second-order valence-corrected chi connectivity index (χ2v) is 4.76. The molecule has 0 aromatic heterocycles. The minimum Gasteiger partial charge on any atom is -0.466 e. The van der Waals surface area contributed by atoms with Crippen molar-refractivity contribution in [3.63, 3.8) is 0 Å². The molecule has 1 rings (SSSR count). The molecule has 1 unspecified atom stereocenters. The number of hydrogen-bond donors (Lipinski definition) is 0. The Morgan fingerprint density at radius 1 is 1.25 bits per heavy atom. The molecule has 5 nitrogen and oxygen atoms in total. The minimum absolute atomic E-state index is 0.0603. The average molecular weight is 279 g/mol. The zero-order chi connectivity index (χ0) is 15.0. The summed E-state index contributed by atoms with van der Waals surface area (Å²) in [6.07, 6.45) is 2.94. The molecular weight excluding hydrogens is 258 g/mol. The van der Waals surface area contributed by atoms with E-state index in [4.69, 9.17) is 4.74 Å². The lowest BCUT2D eigenvalue weighted by Crippen LogP contribution is -2.11. The SMILES string of the molecule is CCCOC(=O)CC(CCC)c1ccc([N+](=O)[O-])cc1. The van der Waals surface area contributed by atoms with Gasteiger partial charge in [-0.15, -0.1) is 0 Å². The summed E-state index contributed by atoms with van der Waals surface area (Å²) in [5.41, 5.74) is 1.02. The molecule has 0 amide bonds. The van der Waals surface area contributed by atoms with E-state index in [1.807, 2.05) is 6.92 Å². The molecule has 0 radical (unpaired) electrons. The van der Waals surface area contributed by atoms with E-state index in [1.165, 1.54) is 12.1 Å². The van der Waals surface area contributed by atoms with Crippen LogP contribution in [0.2, 0.25) is 0 Å². The van der Waals surface area contributed by atoms with Crippen LogP contribution in [0, 0.1) is 10.1 Å². The molecule has 0 spiro atoms. The zero-order valence-electron chi connectivity index (χ0n) is 12.0. The number of rotatable bonds is 8. The average Bonchev–Trinajstić information content (AvgIpc) is 2.44. The van der Waals surface area contributed by atoms with Gasteiger partial charge in [0.15, 0.2) is 0 Å². The fourth-order valence-corrected chi connectivity index (χ4v) is 2.08. The van der Waals surface area contributed by atoms with Crippen molar-refractivity contribution >= 4 is 11.7 Å². The molecule has 0 bridgehead atoms. The van der Waals surface area contributed by atoms with Crippen LogP contribution in [0.5, 0.6) is 0 Å². The number of ether oxygens (including phenoxy) is 1. The largest absolute Gasteiger partial charge is 0.466 e. The number of hydrogen-bond acceptors (Lipinski definition) is 4. The van der Waals surface area contributed by atoms with Crippen molar-refractivity contribution in [2.24, 2.45) is 0 Å². The molecule has 0 saturated carbocycles. The highest BCUT2D eigenvalue weighted by Gasteiger charge is 2.17. The molecule has 0 N–H and O–H groups in total. The van der Waals surface area contributed by atoms with Crippen molar-refractivity contribution in [3.05, 3.63) is 39.9 Å². The van der Waals surface area contributed by atoms with E-state index in [0.717, 1.165) is 24.8 Å². The summed E-state index contributed by atoms with van der Waals surface area (Å²) in [6.45, 7) is 4.45. The van der Waals surface area contributed by atoms with Gasteiger partial charge in [-0.05, 0) is 24.3 Å². The maximum atomic E-state index is 11.7. The van der Waals surface area contributed by atoms with Crippen molar-refractivity contribution in [3.8, 4) is 0 Å². The number of carbonyl (C=O) groups excluding carboxylic acids is 1. The topological polar surface area (TPSA) is 69.4 Å². The van der Waals surface area contributed by atoms with Crippen LogP contribution >= 0.6 is 0 Å². The Kier molecular flexibility index (Phi) is 6.70. The molecule has 0 saturated heterocycles. The van der Waals surface area contributed by atoms with Crippen molar-refractivity contribution in [2.75, 3.05) is 6.61 Å². The highest BCUT2D eigenvalue weighted by Crippen LogP contribution is 2.27. The van der Waals surface area contributed by atoms with Gasteiger partial charge in [0.1, 0.15) is 0 Å². The smallest absolute Gasteiger partial charge is 0.306 e. The number of nitrogens with zero attached hydrogens (tertiary/aromatic N) is 1. The number of benzene rings is 1. The molecule has 110 valence electrons. The molecule has 1 aromatic rings. The predicted molar refractivity (Wildman–Crippen MR) is 76.6 cm³/mol. The van der Waals surface area contributed by atoms with Gasteiger partial charge in [-0.1, -0.05) is 32.4 Å². The van der Waals surface area contributed by atoms with E-state index < -0.39 is 4.92 Å². The molecule has 20 heavy (non-hydrogen) atoms. The Morgan fingerprint density at radius 2 is 1.90 bits per heavy atom. The molecule has 1 atom stereocenters. The molecule has 1 aromatic carbocycles. The van der Waals surface area contributed by atoms with Crippen LogP contribution in [0.25, 0.3) is 0 Å². The van der Waals surface area contributed by atoms with Crippen LogP contribution in [0.15, 0.2) is 24.3 Å². The monoisotopic (exact) mass is 279 g/mol. The van der Waals surface area contributed by atoms with E-state index in [2.05, 4.69) is 6.92 Å².